The van der Waals surface area contributed by atoms with E-state index in [4.69, 9.17) is 32.9 Å². The number of rotatable bonds is 35. The van der Waals surface area contributed by atoms with Gasteiger partial charge in [0.1, 0.15) is 0 Å². The largest absolute Gasteiger partial charge is 0.100 e. The second-order valence-electron chi connectivity index (χ2n) is 20.2. The lowest BCUT2D eigenvalue weighted by atomic mass is 9.72. The Bertz CT molecular complexity index is 1580. The molecule has 0 heteroatoms. The van der Waals surface area contributed by atoms with E-state index in [1.165, 1.54) is 74.1 Å². The molecule has 6 atom stereocenters. The molecule has 0 heterocycles. The highest BCUT2D eigenvalue weighted by Crippen LogP contribution is 2.41. The Kier molecular flexibility index (Phi) is 26.4. The summed E-state index contributed by atoms with van der Waals surface area (Å²) in [5.41, 5.74) is 14.5. The zero-order valence-corrected chi connectivity index (χ0v) is 41.1. The molecule has 0 radical (unpaired) electrons. The summed E-state index contributed by atoms with van der Waals surface area (Å²) < 4.78 is 0. The molecule has 334 valence electrons. The third-order valence-corrected chi connectivity index (χ3v) is 13.3. The molecule has 0 fully saturated rings. The predicted octanol–water partition coefficient (Wildman–Crippen LogP) is 19.1. The maximum atomic E-state index is 4.88. The van der Waals surface area contributed by atoms with Crippen molar-refractivity contribution < 1.29 is 0 Å². The van der Waals surface area contributed by atoms with E-state index in [1.807, 2.05) is 0 Å². The smallest absolute Gasteiger partial charge is 0.0128 e. The summed E-state index contributed by atoms with van der Waals surface area (Å²) in [4.78, 5) is 0. The molecule has 1 rings (SSSR count). The predicted molar refractivity (Wildman–Crippen MR) is 274 cm³/mol. The van der Waals surface area contributed by atoms with Crippen molar-refractivity contribution in [1.29, 1.82) is 0 Å². The second kappa shape index (κ2) is 29.0. The van der Waals surface area contributed by atoms with Crippen LogP contribution in [0.15, 0.2) is 152 Å². The van der Waals surface area contributed by atoms with Crippen molar-refractivity contribution >= 4 is 0 Å². The average molecular weight is 815 g/mol. The molecule has 0 aliphatic rings. The van der Waals surface area contributed by atoms with E-state index in [0.29, 0.717) is 47.3 Å². The Morgan fingerprint density at radius 2 is 0.933 bits per heavy atom. The average Bonchev–Trinajstić information content (AvgIpc) is 3.17. The fraction of sp³-hybridized carbons (Fsp3) is 0.567. The van der Waals surface area contributed by atoms with Crippen LogP contribution >= 0.6 is 0 Å². The van der Waals surface area contributed by atoms with Crippen molar-refractivity contribution in [2.24, 2.45) is 47.3 Å². The van der Waals surface area contributed by atoms with Crippen LogP contribution in [-0.2, 0) is 6.42 Å². The minimum absolute atomic E-state index is 0.342. The molecular formula is C60H94. The van der Waals surface area contributed by atoms with Crippen LogP contribution in [0.4, 0.5) is 0 Å². The Labute approximate surface area is 374 Å². The minimum Gasteiger partial charge on any atom is -0.100 e. The normalized spacial score (nSPS) is 14.4. The maximum absolute atomic E-state index is 4.88. The molecule has 0 aromatic heterocycles. The summed E-state index contributed by atoms with van der Waals surface area (Å²) in [6.45, 7) is 66.0. The Balaban J connectivity index is 3.32. The first-order valence-electron chi connectivity index (χ1n) is 23.9. The molecule has 0 N–H and O–H groups in total. The van der Waals surface area contributed by atoms with Gasteiger partial charge in [-0.2, -0.15) is 0 Å². The minimum atomic E-state index is 0.342. The van der Waals surface area contributed by atoms with Gasteiger partial charge >= 0.3 is 0 Å². The molecule has 0 saturated heterocycles. The highest BCUT2D eigenvalue weighted by atomic mass is 14.3. The third-order valence-electron chi connectivity index (χ3n) is 13.3. The zero-order valence-electron chi connectivity index (χ0n) is 41.1. The van der Waals surface area contributed by atoms with Crippen molar-refractivity contribution in [3.05, 3.63) is 157 Å². The molecule has 0 aliphatic heterocycles. The molecule has 0 nitrogen and oxygen atoms in total. The quantitative estimate of drug-likeness (QED) is 0.0599. The van der Waals surface area contributed by atoms with Crippen molar-refractivity contribution in [2.75, 3.05) is 0 Å². The van der Waals surface area contributed by atoms with E-state index in [1.54, 1.807) is 0 Å². The topological polar surface area (TPSA) is 0 Å². The number of benzene rings is 1. The summed E-state index contributed by atoms with van der Waals surface area (Å²) in [6, 6.07) is 11.0. The van der Waals surface area contributed by atoms with Crippen LogP contribution in [0.25, 0.3) is 0 Å². The standard InChI is InChI=1S/C60H94/c1-20-25-55(35-48(14)30-28-42(3)4)36-49(15)58(41-54-26-23-22-24-27-54)38-52(18)60(46(11)12)40-53(19)59(45(9)10)39-51(17)57(32-29-43(5)6)37-50(16)56(34-44(7)8)33-31-47(13)21-2/h22-24,26-27,45-46,55-60H,3,5,7,13-21,25,28-41H2,1-2,4,6,8-12H3. The highest BCUT2D eigenvalue weighted by Gasteiger charge is 2.29. The summed E-state index contributed by atoms with van der Waals surface area (Å²) in [6.07, 6.45) is 17.6. The van der Waals surface area contributed by atoms with Gasteiger partial charge in [-0.05, 0) is 170 Å². The van der Waals surface area contributed by atoms with Crippen LogP contribution in [0.3, 0.4) is 0 Å². The second-order valence-corrected chi connectivity index (χ2v) is 20.2. The van der Waals surface area contributed by atoms with Crippen molar-refractivity contribution in [1.82, 2.24) is 0 Å². The number of hydrogen-bond acceptors (Lipinski definition) is 0. The van der Waals surface area contributed by atoms with E-state index >= 15 is 0 Å². The van der Waals surface area contributed by atoms with Crippen molar-refractivity contribution in [3.8, 4) is 0 Å². The first-order valence-corrected chi connectivity index (χ1v) is 23.9. The van der Waals surface area contributed by atoms with Gasteiger partial charge in [0, 0.05) is 0 Å². The third kappa shape index (κ3) is 21.9. The summed E-state index contributed by atoms with van der Waals surface area (Å²) in [7, 11) is 0. The van der Waals surface area contributed by atoms with E-state index in [0.717, 1.165) is 96.3 Å². The molecule has 0 amide bonds. The van der Waals surface area contributed by atoms with Gasteiger partial charge in [0.15, 0.2) is 0 Å². The fourth-order valence-electron chi connectivity index (χ4n) is 9.22. The highest BCUT2D eigenvalue weighted by molar-refractivity contribution is 5.23. The molecule has 60 heavy (non-hydrogen) atoms. The molecule has 0 saturated carbocycles. The van der Waals surface area contributed by atoms with Crippen LogP contribution < -0.4 is 0 Å². The Morgan fingerprint density at radius 3 is 1.45 bits per heavy atom. The van der Waals surface area contributed by atoms with Gasteiger partial charge in [-0.25, -0.2) is 0 Å². The zero-order chi connectivity index (χ0) is 45.5. The summed E-state index contributed by atoms with van der Waals surface area (Å²) in [5.74, 6) is 3.33. The van der Waals surface area contributed by atoms with Crippen LogP contribution in [-0.4, -0.2) is 0 Å². The van der Waals surface area contributed by atoms with Gasteiger partial charge in [0.2, 0.25) is 0 Å². The fourth-order valence-corrected chi connectivity index (χ4v) is 9.22. The molecule has 0 spiro atoms. The maximum Gasteiger partial charge on any atom is -0.0128 e. The Morgan fingerprint density at radius 1 is 0.450 bits per heavy atom. The van der Waals surface area contributed by atoms with Gasteiger partial charge in [-0.1, -0.05) is 186 Å². The molecule has 1 aromatic carbocycles. The van der Waals surface area contributed by atoms with Crippen LogP contribution in [0.5, 0.6) is 0 Å². The van der Waals surface area contributed by atoms with Crippen LogP contribution in [0, 0.1) is 47.3 Å². The molecule has 0 aliphatic carbocycles. The molecule has 0 bridgehead atoms. The van der Waals surface area contributed by atoms with Gasteiger partial charge in [-0.3, -0.25) is 0 Å². The molecule has 6 unspecified atom stereocenters. The van der Waals surface area contributed by atoms with E-state index in [-0.39, 0.29) is 0 Å². The monoisotopic (exact) mass is 815 g/mol. The lowest BCUT2D eigenvalue weighted by molar-refractivity contribution is 0.356. The van der Waals surface area contributed by atoms with Crippen molar-refractivity contribution in [3.63, 3.8) is 0 Å². The van der Waals surface area contributed by atoms with E-state index in [9.17, 15) is 0 Å². The lowest BCUT2D eigenvalue weighted by Gasteiger charge is -2.33. The summed E-state index contributed by atoms with van der Waals surface area (Å²) in [5, 5.41) is 0. The first-order chi connectivity index (χ1) is 28.2. The molecular weight excluding hydrogens is 721 g/mol. The number of hydrogen-bond donors (Lipinski definition) is 0. The van der Waals surface area contributed by atoms with E-state index in [2.05, 4.69) is 126 Å². The summed E-state index contributed by atoms with van der Waals surface area (Å²) >= 11 is 0. The lowest BCUT2D eigenvalue weighted by Crippen LogP contribution is -2.22. The Hall–Kier alpha value is -3.38. The van der Waals surface area contributed by atoms with Gasteiger partial charge in [-0.15, -0.1) is 19.7 Å². The van der Waals surface area contributed by atoms with Crippen LogP contribution in [0.2, 0.25) is 0 Å². The van der Waals surface area contributed by atoms with E-state index < -0.39 is 0 Å². The SMILES string of the molecule is C=C(C)CCC(=C)CC(CCC)CC(=C)C(CC(=C)C(CC(=C)C(CC(=C)C(CCC(=C)C)CC(=C)C(CCC(=C)CC)CC(=C)C)C(C)C)C(C)C)Cc1ccccc1. The van der Waals surface area contributed by atoms with Gasteiger partial charge in [0.25, 0.3) is 0 Å². The van der Waals surface area contributed by atoms with Crippen molar-refractivity contribution in [2.45, 2.75) is 171 Å². The number of allylic oxidation sites excluding steroid dienone is 10. The van der Waals surface area contributed by atoms with Gasteiger partial charge in [0.05, 0.1) is 0 Å². The first kappa shape index (κ1) is 54.6. The molecule has 1 aromatic rings. The van der Waals surface area contributed by atoms with Gasteiger partial charge < -0.3 is 0 Å². The van der Waals surface area contributed by atoms with Crippen LogP contribution in [0.1, 0.15) is 171 Å².